The van der Waals surface area contributed by atoms with Gasteiger partial charge in [-0.05, 0) is 45.0 Å². The minimum Gasteiger partial charge on any atom is -0.348 e. The van der Waals surface area contributed by atoms with Crippen molar-refractivity contribution in [2.45, 2.75) is 32.4 Å². The Bertz CT molecular complexity index is 549. The number of nitrogens with zero attached hydrogens (tertiary/aromatic N) is 3. The summed E-state index contributed by atoms with van der Waals surface area (Å²) in [6, 6.07) is 4.38. The van der Waals surface area contributed by atoms with Crippen LogP contribution in [0.1, 0.15) is 31.5 Å². The first-order valence-corrected chi connectivity index (χ1v) is 7.82. The number of amides is 1. The third-order valence-electron chi connectivity index (χ3n) is 4.88. The van der Waals surface area contributed by atoms with E-state index in [9.17, 15) is 4.79 Å². The molecule has 21 heavy (non-hydrogen) atoms. The highest BCUT2D eigenvalue weighted by molar-refractivity contribution is 5.79. The second kappa shape index (κ2) is 5.95. The van der Waals surface area contributed by atoms with E-state index in [0.29, 0.717) is 12.5 Å². The van der Waals surface area contributed by atoms with E-state index in [4.69, 9.17) is 6.42 Å². The van der Waals surface area contributed by atoms with Gasteiger partial charge in [-0.25, -0.2) is 0 Å². The first kappa shape index (κ1) is 14.2. The summed E-state index contributed by atoms with van der Waals surface area (Å²) in [5, 5.41) is 0. The number of piperidine rings is 1. The van der Waals surface area contributed by atoms with Gasteiger partial charge in [-0.15, -0.1) is 6.42 Å². The Labute approximate surface area is 126 Å². The largest absolute Gasteiger partial charge is 0.348 e. The summed E-state index contributed by atoms with van der Waals surface area (Å²) < 4.78 is 2.25. The maximum atomic E-state index is 12.8. The van der Waals surface area contributed by atoms with Crippen molar-refractivity contribution in [2.24, 2.45) is 5.92 Å². The highest BCUT2D eigenvalue weighted by Gasteiger charge is 2.33. The molecule has 1 atom stereocenters. The van der Waals surface area contributed by atoms with Crippen LogP contribution in [0.2, 0.25) is 0 Å². The van der Waals surface area contributed by atoms with E-state index in [2.05, 4.69) is 45.5 Å². The van der Waals surface area contributed by atoms with E-state index in [1.165, 1.54) is 5.69 Å². The number of fused-ring (bicyclic) bond motifs is 1. The summed E-state index contributed by atoms with van der Waals surface area (Å²) in [7, 11) is 0. The van der Waals surface area contributed by atoms with Crippen LogP contribution in [-0.4, -0.2) is 46.5 Å². The predicted octanol–water partition coefficient (Wildman–Crippen LogP) is 1.74. The molecule has 1 unspecified atom stereocenters. The van der Waals surface area contributed by atoms with E-state index >= 15 is 0 Å². The monoisotopic (exact) mass is 285 g/mol. The van der Waals surface area contributed by atoms with E-state index < -0.39 is 0 Å². The molecule has 1 saturated heterocycles. The van der Waals surface area contributed by atoms with Crippen LogP contribution in [-0.2, 0) is 11.3 Å². The van der Waals surface area contributed by atoms with Crippen LogP contribution in [0, 0.1) is 18.3 Å². The molecule has 4 heteroatoms. The van der Waals surface area contributed by atoms with Crippen molar-refractivity contribution in [1.82, 2.24) is 14.4 Å². The number of hydrogen-bond acceptors (Lipinski definition) is 2. The third-order valence-corrected chi connectivity index (χ3v) is 4.88. The van der Waals surface area contributed by atoms with E-state index in [1.54, 1.807) is 0 Å². The standard InChI is InChI=1S/C17H23N3O/c1-3-8-18-10-6-15(7-11-18)17(21)20-13-12-19-9-4-5-16(19)14(20)2/h1,4-5,9,14-15H,6-8,10-13H2,2H3. The normalized spacial score (nSPS) is 23.6. The molecule has 4 nitrogen and oxygen atoms in total. The topological polar surface area (TPSA) is 28.5 Å². The molecular weight excluding hydrogens is 262 g/mol. The smallest absolute Gasteiger partial charge is 0.226 e. The number of rotatable bonds is 2. The zero-order valence-electron chi connectivity index (χ0n) is 12.7. The predicted molar refractivity (Wildman–Crippen MR) is 82.6 cm³/mol. The van der Waals surface area contributed by atoms with E-state index in [0.717, 1.165) is 39.0 Å². The lowest BCUT2D eigenvalue weighted by Crippen LogP contribution is -2.46. The lowest BCUT2D eigenvalue weighted by molar-refractivity contribution is -0.140. The number of terminal acetylenes is 1. The lowest BCUT2D eigenvalue weighted by atomic mass is 9.94. The molecular formula is C17H23N3O. The quantitative estimate of drug-likeness (QED) is 0.774. The molecule has 1 amide bonds. The number of likely N-dealkylation sites (tertiary alicyclic amines) is 1. The van der Waals surface area contributed by atoms with Gasteiger partial charge in [0.15, 0.2) is 0 Å². The van der Waals surface area contributed by atoms with Gasteiger partial charge in [0.05, 0.1) is 12.6 Å². The number of hydrogen-bond donors (Lipinski definition) is 0. The second-order valence-corrected chi connectivity index (χ2v) is 6.09. The van der Waals surface area contributed by atoms with Crippen LogP contribution in [0.15, 0.2) is 18.3 Å². The van der Waals surface area contributed by atoms with Crippen LogP contribution in [0.4, 0.5) is 0 Å². The van der Waals surface area contributed by atoms with Gasteiger partial charge >= 0.3 is 0 Å². The number of carbonyl (C=O) groups is 1. The van der Waals surface area contributed by atoms with Gasteiger partial charge in [-0.1, -0.05) is 5.92 Å². The Balaban J connectivity index is 1.63. The van der Waals surface area contributed by atoms with Gasteiger partial charge in [0.2, 0.25) is 5.91 Å². The Morgan fingerprint density at radius 1 is 1.33 bits per heavy atom. The average Bonchev–Trinajstić information content (AvgIpc) is 2.98. The van der Waals surface area contributed by atoms with Crippen LogP contribution >= 0.6 is 0 Å². The van der Waals surface area contributed by atoms with Crippen LogP contribution in [0.3, 0.4) is 0 Å². The molecule has 1 fully saturated rings. The molecule has 2 aliphatic heterocycles. The summed E-state index contributed by atoms with van der Waals surface area (Å²) in [5.74, 6) is 3.19. The van der Waals surface area contributed by atoms with Gasteiger partial charge in [0.1, 0.15) is 0 Å². The number of aromatic nitrogens is 1. The zero-order chi connectivity index (χ0) is 14.8. The average molecular weight is 285 g/mol. The fourth-order valence-electron chi connectivity index (χ4n) is 3.58. The molecule has 0 saturated carbocycles. The van der Waals surface area contributed by atoms with E-state index in [1.807, 2.05) is 0 Å². The highest BCUT2D eigenvalue weighted by atomic mass is 16.2. The van der Waals surface area contributed by atoms with Crippen molar-refractivity contribution in [3.05, 3.63) is 24.0 Å². The van der Waals surface area contributed by atoms with Gasteiger partial charge in [0, 0.05) is 30.9 Å². The third kappa shape index (κ3) is 2.71. The molecule has 0 bridgehead atoms. The SMILES string of the molecule is C#CCN1CCC(C(=O)N2CCn3cccc3C2C)CC1. The first-order valence-electron chi connectivity index (χ1n) is 7.82. The maximum absolute atomic E-state index is 12.8. The van der Waals surface area contributed by atoms with Crippen LogP contribution < -0.4 is 0 Å². The summed E-state index contributed by atoms with van der Waals surface area (Å²) in [6.07, 6.45) is 9.33. The van der Waals surface area contributed by atoms with Crippen molar-refractivity contribution in [3.63, 3.8) is 0 Å². The van der Waals surface area contributed by atoms with E-state index in [-0.39, 0.29) is 12.0 Å². The Hall–Kier alpha value is -1.73. The molecule has 112 valence electrons. The first-order chi connectivity index (χ1) is 10.2. The van der Waals surface area contributed by atoms with Crippen molar-refractivity contribution in [2.75, 3.05) is 26.2 Å². The molecule has 0 spiro atoms. The Morgan fingerprint density at radius 2 is 2.10 bits per heavy atom. The lowest BCUT2D eigenvalue weighted by Gasteiger charge is -2.39. The Kier molecular flexibility index (Phi) is 4.03. The summed E-state index contributed by atoms with van der Waals surface area (Å²) >= 11 is 0. The molecule has 0 aliphatic carbocycles. The van der Waals surface area contributed by atoms with Crippen molar-refractivity contribution < 1.29 is 4.79 Å². The molecule has 1 aromatic heterocycles. The molecule has 3 rings (SSSR count). The van der Waals surface area contributed by atoms with Crippen molar-refractivity contribution >= 4 is 5.91 Å². The second-order valence-electron chi connectivity index (χ2n) is 6.09. The molecule has 2 aliphatic rings. The number of carbonyl (C=O) groups excluding carboxylic acids is 1. The molecule has 0 radical (unpaired) electrons. The maximum Gasteiger partial charge on any atom is 0.226 e. The van der Waals surface area contributed by atoms with Crippen molar-refractivity contribution in [3.8, 4) is 12.3 Å². The molecule has 0 N–H and O–H groups in total. The molecule has 1 aromatic rings. The zero-order valence-corrected chi connectivity index (χ0v) is 12.7. The Morgan fingerprint density at radius 3 is 2.81 bits per heavy atom. The van der Waals surface area contributed by atoms with Gasteiger partial charge < -0.3 is 9.47 Å². The minimum atomic E-state index is 0.169. The van der Waals surface area contributed by atoms with Gasteiger partial charge in [-0.2, -0.15) is 0 Å². The fraction of sp³-hybridized carbons (Fsp3) is 0.588. The minimum absolute atomic E-state index is 0.169. The summed E-state index contributed by atoms with van der Waals surface area (Å²) in [6.45, 7) is 6.46. The fourth-order valence-corrected chi connectivity index (χ4v) is 3.58. The molecule has 3 heterocycles. The summed E-state index contributed by atoms with van der Waals surface area (Å²) in [5.41, 5.74) is 1.25. The van der Waals surface area contributed by atoms with Crippen LogP contribution in [0.5, 0.6) is 0 Å². The van der Waals surface area contributed by atoms with Gasteiger partial charge in [0.25, 0.3) is 0 Å². The van der Waals surface area contributed by atoms with Crippen LogP contribution in [0.25, 0.3) is 0 Å². The van der Waals surface area contributed by atoms with Gasteiger partial charge in [-0.3, -0.25) is 9.69 Å². The van der Waals surface area contributed by atoms with Crippen molar-refractivity contribution in [1.29, 1.82) is 0 Å². The summed E-state index contributed by atoms with van der Waals surface area (Å²) in [4.78, 5) is 17.1. The molecule has 0 aromatic carbocycles. The highest BCUT2D eigenvalue weighted by Crippen LogP contribution is 2.29.